The number of hydrogen-bond donors (Lipinski definition) is 5. The quantitative estimate of drug-likeness (QED) is 0.0905. The van der Waals surface area contributed by atoms with Crippen LogP contribution in [0.15, 0.2) is 70.1 Å². The van der Waals surface area contributed by atoms with Crippen molar-refractivity contribution in [3.63, 3.8) is 0 Å². The Hall–Kier alpha value is -4.61. The van der Waals surface area contributed by atoms with Crippen molar-refractivity contribution in [1.82, 2.24) is 10.6 Å². The van der Waals surface area contributed by atoms with Crippen molar-refractivity contribution in [3.05, 3.63) is 70.1 Å². The highest BCUT2D eigenvalue weighted by Gasteiger charge is 2.63. The maximum atomic E-state index is 14.2. The summed E-state index contributed by atoms with van der Waals surface area (Å²) in [5, 5.41) is 29.6. The fourth-order valence-electron chi connectivity index (χ4n) is 12.0. The molecule has 1 aliphatic heterocycles. The lowest BCUT2D eigenvalue weighted by Crippen LogP contribution is -2.54. The zero-order chi connectivity index (χ0) is 46.7. The van der Waals surface area contributed by atoms with Crippen molar-refractivity contribution in [2.45, 2.75) is 142 Å². The lowest BCUT2D eigenvalue weighted by atomic mass is 9.46. The molecule has 64 heavy (non-hydrogen) atoms. The number of nitrogens with one attached hydrogen (secondary N) is 2. The standard InChI is InChI=1S/C51H69N3O10/c1-29-24-36-43(53-23-10-9-19-51(61)22-18-38-35-15-14-33-27-34(55)16-20-49(33,5)37(35)17-21-50(38,51)6)40(56)28-39(45(36)58)54-47(59)30(2)12-11-13-41(62-7)46(64-48(52)60)32(4)26-31(3)44(57)42(25-29)63-8/h11-13,26-29,31,35,37-38,41-42,44,46,53,57,61H,10,14-18,20-25H2,1-8H3,(H2,52,60)(H,54,59)/b13-11-,30-12+,32-26+/t29-,31+,35?,37?,38?,41+,42+,44-,46+,49+,50+,51+/m1/s1. The van der Waals surface area contributed by atoms with E-state index >= 15 is 0 Å². The molecule has 6 N–H and O–H groups in total. The Labute approximate surface area is 378 Å². The Morgan fingerprint density at radius 1 is 1.00 bits per heavy atom. The molecule has 3 unspecified atom stereocenters. The molecule has 0 aromatic rings. The summed E-state index contributed by atoms with van der Waals surface area (Å²) in [7, 11) is 2.93. The average molecular weight is 884 g/mol. The van der Waals surface area contributed by atoms with E-state index in [9.17, 15) is 34.2 Å². The minimum absolute atomic E-state index is 0.0481. The molecule has 2 bridgehead atoms. The molecule has 2 amide bonds. The summed E-state index contributed by atoms with van der Waals surface area (Å²) in [6, 6.07) is 0. The van der Waals surface area contributed by atoms with Gasteiger partial charge in [0.2, 0.25) is 11.6 Å². The van der Waals surface area contributed by atoms with E-state index < -0.39 is 59.5 Å². The number of Topliss-reactive ketones (excluding diaryl/α,β-unsaturated/α-hetero) is 1. The van der Waals surface area contributed by atoms with E-state index in [0.717, 1.165) is 44.6 Å². The van der Waals surface area contributed by atoms with Crippen LogP contribution in [0.4, 0.5) is 4.79 Å². The minimum Gasteiger partial charge on any atom is -0.439 e. The van der Waals surface area contributed by atoms with Crippen molar-refractivity contribution < 1.29 is 48.4 Å². The van der Waals surface area contributed by atoms with Crippen LogP contribution in [0.5, 0.6) is 0 Å². The molecule has 6 rings (SSSR count). The van der Waals surface area contributed by atoms with Crippen LogP contribution in [-0.2, 0) is 33.4 Å². The van der Waals surface area contributed by atoms with Gasteiger partial charge in [-0.2, -0.15) is 0 Å². The van der Waals surface area contributed by atoms with E-state index in [2.05, 4.69) is 36.3 Å². The first-order chi connectivity index (χ1) is 30.3. The molecule has 0 radical (unpaired) electrons. The van der Waals surface area contributed by atoms with Gasteiger partial charge in [-0.15, -0.1) is 0 Å². The van der Waals surface area contributed by atoms with Crippen LogP contribution in [0.25, 0.3) is 0 Å². The number of aliphatic hydroxyl groups is 2. The average Bonchev–Trinajstić information content (AvgIpc) is 3.52. The smallest absolute Gasteiger partial charge is 0.405 e. The number of aliphatic hydroxyl groups excluding tert-OH is 1. The number of carbonyl (C=O) groups excluding carboxylic acids is 5. The van der Waals surface area contributed by atoms with Gasteiger partial charge in [0, 0.05) is 62.2 Å². The molecule has 3 saturated carbocycles. The number of ether oxygens (including phenoxy) is 3. The minimum atomic E-state index is -1.15. The molecule has 0 spiro atoms. The number of methoxy groups -OCH3 is 2. The van der Waals surface area contributed by atoms with Crippen LogP contribution in [0.3, 0.4) is 0 Å². The Balaban J connectivity index is 1.21. The Morgan fingerprint density at radius 2 is 1.73 bits per heavy atom. The number of amides is 2. The second-order valence-corrected chi connectivity index (χ2v) is 19.7. The number of allylic oxidation sites excluding steroid dienone is 5. The molecule has 13 nitrogen and oxygen atoms in total. The lowest BCUT2D eigenvalue weighted by molar-refractivity contribution is -0.120. The van der Waals surface area contributed by atoms with Gasteiger partial charge in [0.15, 0.2) is 11.9 Å². The molecular formula is C51H69N3O10. The summed E-state index contributed by atoms with van der Waals surface area (Å²) in [5.74, 6) is 5.78. The molecule has 5 aliphatic carbocycles. The second kappa shape index (κ2) is 19.9. The van der Waals surface area contributed by atoms with Gasteiger partial charge >= 0.3 is 6.09 Å². The predicted octanol–water partition coefficient (Wildman–Crippen LogP) is 6.01. The monoisotopic (exact) mass is 883 g/mol. The highest BCUT2D eigenvalue weighted by molar-refractivity contribution is 6.23. The molecule has 1 heterocycles. The van der Waals surface area contributed by atoms with Gasteiger partial charge in [0.05, 0.1) is 23.6 Å². The lowest BCUT2D eigenvalue weighted by Gasteiger charge is -2.58. The van der Waals surface area contributed by atoms with Gasteiger partial charge in [0.25, 0.3) is 5.91 Å². The van der Waals surface area contributed by atoms with Crippen molar-refractivity contribution >= 4 is 29.4 Å². The topological polar surface area (TPSA) is 204 Å². The molecule has 0 saturated heterocycles. The maximum absolute atomic E-state index is 14.2. The third-order valence-electron chi connectivity index (χ3n) is 15.8. The second-order valence-electron chi connectivity index (χ2n) is 19.7. The molecule has 12 atom stereocenters. The van der Waals surface area contributed by atoms with Crippen LogP contribution in [0, 0.1) is 52.3 Å². The number of fused-ring (bicyclic) bond motifs is 7. The van der Waals surface area contributed by atoms with Crippen LogP contribution in [-0.4, -0.2) is 90.3 Å². The SMILES string of the molecule is CO[C@H]1/C=C\C=C(/C)C(=O)NC2=CC(=O)C(NCCC#C[C@]3(O)CCC4C5CCC6=CC(=O)CC[C@]6(C)C5CC[C@@]43C)=C(C[C@@H](C)C[C@H](OC)[C@H](O)[C@@H](C)/C=C(\C)[C@@H]1OC(N)=O)C2=O. The van der Waals surface area contributed by atoms with Crippen molar-refractivity contribution in [1.29, 1.82) is 0 Å². The van der Waals surface area contributed by atoms with Crippen LogP contribution >= 0.6 is 0 Å². The van der Waals surface area contributed by atoms with E-state index in [1.165, 1.54) is 25.9 Å². The molecule has 6 aliphatic rings. The normalized spacial score (nSPS) is 39.5. The summed E-state index contributed by atoms with van der Waals surface area (Å²) in [6.45, 7) is 11.8. The summed E-state index contributed by atoms with van der Waals surface area (Å²) < 4.78 is 16.8. The third kappa shape index (κ3) is 9.81. The summed E-state index contributed by atoms with van der Waals surface area (Å²) in [5.41, 5.74) is 6.27. The van der Waals surface area contributed by atoms with Gasteiger partial charge in [0.1, 0.15) is 11.7 Å². The van der Waals surface area contributed by atoms with Crippen LogP contribution in [0.2, 0.25) is 0 Å². The zero-order valence-corrected chi connectivity index (χ0v) is 38.9. The summed E-state index contributed by atoms with van der Waals surface area (Å²) in [6.07, 6.45) is 12.7. The van der Waals surface area contributed by atoms with Crippen LogP contribution < -0.4 is 16.4 Å². The van der Waals surface area contributed by atoms with Crippen molar-refractivity contribution in [2.75, 3.05) is 20.8 Å². The van der Waals surface area contributed by atoms with E-state index in [1.807, 2.05) is 19.9 Å². The Bertz CT molecular complexity index is 2140. The van der Waals surface area contributed by atoms with Gasteiger partial charge in [-0.1, -0.05) is 69.4 Å². The fraction of sp³-hybridized carbons (Fsp3) is 0.627. The zero-order valence-electron chi connectivity index (χ0n) is 38.9. The number of nitrogens with two attached hydrogens (primary N) is 1. The number of primary amides is 1. The van der Waals surface area contributed by atoms with Crippen molar-refractivity contribution in [2.24, 2.45) is 46.2 Å². The van der Waals surface area contributed by atoms with E-state index in [0.29, 0.717) is 49.0 Å². The number of ketones is 3. The van der Waals surface area contributed by atoms with Gasteiger partial charge in [-0.3, -0.25) is 19.2 Å². The van der Waals surface area contributed by atoms with E-state index in [1.54, 1.807) is 32.1 Å². The first-order valence-electron chi connectivity index (χ1n) is 23.0. The Kier molecular flexibility index (Phi) is 15.2. The largest absolute Gasteiger partial charge is 0.439 e. The fourth-order valence-corrected chi connectivity index (χ4v) is 12.0. The first kappa shape index (κ1) is 48.8. The van der Waals surface area contributed by atoms with Gasteiger partial charge in [-0.05, 0) is 112 Å². The van der Waals surface area contributed by atoms with Gasteiger partial charge in [-0.25, -0.2) is 4.79 Å². The molecule has 348 valence electrons. The maximum Gasteiger partial charge on any atom is 0.405 e. The molecule has 0 aromatic heterocycles. The highest BCUT2D eigenvalue weighted by atomic mass is 16.6. The Morgan fingerprint density at radius 3 is 2.44 bits per heavy atom. The predicted molar refractivity (Wildman–Crippen MR) is 242 cm³/mol. The highest BCUT2D eigenvalue weighted by Crippen LogP contribution is 2.67. The summed E-state index contributed by atoms with van der Waals surface area (Å²) >= 11 is 0. The first-order valence-corrected chi connectivity index (χ1v) is 23.0. The third-order valence-corrected chi connectivity index (χ3v) is 15.8. The summed E-state index contributed by atoms with van der Waals surface area (Å²) in [4.78, 5) is 65.7. The number of rotatable bonds is 6. The van der Waals surface area contributed by atoms with Crippen LogP contribution in [0.1, 0.15) is 112 Å². The van der Waals surface area contributed by atoms with E-state index in [4.69, 9.17) is 19.9 Å². The molecule has 13 heteroatoms. The van der Waals surface area contributed by atoms with Gasteiger partial charge < -0.3 is 40.8 Å². The molecule has 0 aromatic carbocycles. The number of hydrogen-bond acceptors (Lipinski definition) is 11. The number of carbonyl (C=O) groups is 5. The molecular weight excluding hydrogens is 815 g/mol. The van der Waals surface area contributed by atoms with Crippen molar-refractivity contribution in [3.8, 4) is 11.8 Å². The molecule has 3 fully saturated rings. The van der Waals surface area contributed by atoms with E-state index in [-0.39, 0.29) is 58.0 Å².